The summed E-state index contributed by atoms with van der Waals surface area (Å²) in [6.45, 7) is 3.74. The Hall–Kier alpha value is -1.27. The molecule has 3 nitrogen and oxygen atoms in total. The molecule has 0 aromatic heterocycles. The van der Waals surface area contributed by atoms with E-state index in [1.54, 1.807) is 12.1 Å². The molecule has 1 aromatic carbocycles. The highest BCUT2D eigenvalue weighted by Crippen LogP contribution is 2.27. The monoisotopic (exact) mass is 289 g/mol. The SMILES string of the molecule is CC1(NCc2ccccc2OC(F)(F)F)CCOCC1. The molecule has 0 aliphatic carbocycles. The standard InChI is InChI=1S/C14H18F3NO2/c1-13(6-8-19-9-7-13)18-10-11-4-2-3-5-12(11)20-14(15,16)17/h2-5,18H,6-10H2,1H3. The van der Waals surface area contributed by atoms with Crippen molar-refractivity contribution in [1.29, 1.82) is 0 Å². The van der Waals surface area contributed by atoms with Gasteiger partial charge in [-0.05, 0) is 25.8 Å². The smallest absolute Gasteiger partial charge is 0.405 e. The van der Waals surface area contributed by atoms with Gasteiger partial charge in [0.2, 0.25) is 0 Å². The fraction of sp³-hybridized carbons (Fsp3) is 0.571. The quantitative estimate of drug-likeness (QED) is 0.923. The largest absolute Gasteiger partial charge is 0.573 e. The van der Waals surface area contributed by atoms with Crippen molar-refractivity contribution in [3.63, 3.8) is 0 Å². The van der Waals surface area contributed by atoms with E-state index < -0.39 is 6.36 Å². The summed E-state index contributed by atoms with van der Waals surface area (Å²) in [6.07, 6.45) is -2.98. The first kappa shape index (κ1) is 15.1. The molecule has 0 spiro atoms. The van der Waals surface area contributed by atoms with E-state index in [0.717, 1.165) is 12.8 Å². The molecule has 1 saturated heterocycles. The van der Waals surface area contributed by atoms with Gasteiger partial charge >= 0.3 is 6.36 Å². The molecular formula is C14H18F3NO2. The minimum atomic E-state index is -4.67. The second-order valence-corrected chi connectivity index (χ2v) is 5.18. The van der Waals surface area contributed by atoms with Crippen LogP contribution in [0.25, 0.3) is 0 Å². The molecule has 0 amide bonds. The van der Waals surface area contributed by atoms with Crippen molar-refractivity contribution in [2.24, 2.45) is 0 Å². The van der Waals surface area contributed by atoms with E-state index >= 15 is 0 Å². The topological polar surface area (TPSA) is 30.5 Å². The van der Waals surface area contributed by atoms with E-state index in [0.29, 0.717) is 25.3 Å². The lowest BCUT2D eigenvalue weighted by Gasteiger charge is -2.34. The van der Waals surface area contributed by atoms with Crippen molar-refractivity contribution in [1.82, 2.24) is 5.32 Å². The molecule has 2 rings (SSSR count). The first-order valence-electron chi connectivity index (χ1n) is 6.54. The summed E-state index contributed by atoms with van der Waals surface area (Å²) in [6, 6.07) is 6.20. The Balaban J connectivity index is 2.02. The number of alkyl halides is 3. The number of ether oxygens (including phenoxy) is 2. The maximum absolute atomic E-state index is 12.3. The van der Waals surface area contributed by atoms with Crippen molar-refractivity contribution < 1.29 is 22.6 Å². The maximum Gasteiger partial charge on any atom is 0.573 e. The minimum absolute atomic E-state index is 0.108. The molecule has 1 aromatic rings. The number of rotatable bonds is 4. The van der Waals surface area contributed by atoms with Gasteiger partial charge in [-0.15, -0.1) is 13.2 Å². The predicted octanol–water partition coefficient (Wildman–Crippen LogP) is 3.24. The lowest BCUT2D eigenvalue weighted by atomic mass is 9.92. The van der Waals surface area contributed by atoms with Gasteiger partial charge in [0, 0.05) is 30.9 Å². The van der Waals surface area contributed by atoms with Crippen molar-refractivity contribution in [3.05, 3.63) is 29.8 Å². The number of nitrogens with one attached hydrogen (secondary N) is 1. The Morgan fingerprint density at radius 2 is 1.90 bits per heavy atom. The normalized spacial score (nSPS) is 18.8. The van der Waals surface area contributed by atoms with Crippen molar-refractivity contribution in [3.8, 4) is 5.75 Å². The van der Waals surface area contributed by atoms with Crippen LogP contribution in [0.4, 0.5) is 13.2 Å². The average Bonchev–Trinajstić information content (AvgIpc) is 2.37. The molecule has 0 saturated carbocycles. The van der Waals surface area contributed by atoms with Crippen molar-refractivity contribution >= 4 is 0 Å². The average molecular weight is 289 g/mol. The number of para-hydroxylation sites is 1. The zero-order valence-corrected chi connectivity index (χ0v) is 11.3. The number of hydrogen-bond acceptors (Lipinski definition) is 3. The van der Waals surface area contributed by atoms with Crippen molar-refractivity contribution in [2.75, 3.05) is 13.2 Å². The molecule has 0 bridgehead atoms. The third-order valence-electron chi connectivity index (χ3n) is 3.50. The van der Waals surface area contributed by atoms with Crippen LogP contribution in [-0.2, 0) is 11.3 Å². The molecule has 112 valence electrons. The molecule has 1 N–H and O–H groups in total. The fourth-order valence-electron chi connectivity index (χ4n) is 2.18. The van der Waals surface area contributed by atoms with Crippen LogP contribution in [0.5, 0.6) is 5.75 Å². The molecule has 0 atom stereocenters. The zero-order chi connectivity index (χ0) is 14.6. The summed E-state index contributed by atoms with van der Waals surface area (Å²) in [7, 11) is 0. The summed E-state index contributed by atoms with van der Waals surface area (Å²) >= 11 is 0. The second kappa shape index (κ2) is 6.01. The van der Waals surface area contributed by atoms with Gasteiger partial charge in [-0.2, -0.15) is 0 Å². The molecule has 20 heavy (non-hydrogen) atoms. The van der Waals surface area contributed by atoms with Crippen LogP contribution < -0.4 is 10.1 Å². The van der Waals surface area contributed by atoms with Gasteiger partial charge in [-0.1, -0.05) is 18.2 Å². The third-order valence-corrected chi connectivity index (χ3v) is 3.50. The third kappa shape index (κ3) is 4.38. The van der Waals surface area contributed by atoms with Gasteiger partial charge in [0.05, 0.1) is 0 Å². The Morgan fingerprint density at radius 1 is 1.25 bits per heavy atom. The van der Waals surface area contributed by atoms with Gasteiger partial charge in [0.1, 0.15) is 5.75 Å². The van der Waals surface area contributed by atoms with Crippen LogP contribution in [0.15, 0.2) is 24.3 Å². The number of halogens is 3. The summed E-state index contributed by atoms with van der Waals surface area (Å²) in [4.78, 5) is 0. The van der Waals surface area contributed by atoms with Crippen LogP contribution in [-0.4, -0.2) is 25.1 Å². The predicted molar refractivity (Wildman–Crippen MR) is 68.4 cm³/mol. The highest BCUT2D eigenvalue weighted by Gasteiger charge is 2.32. The Kier molecular flexibility index (Phi) is 4.55. The van der Waals surface area contributed by atoms with Gasteiger partial charge in [0.15, 0.2) is 0 Å². The van der Waals surface area contributed by atoms with Gasteiger partial charge in [-0.25, -0.2) is 0 Å². The first-order chi connectivity index (χ1) is 9.38. The summed E-state index contributed by atoms with van der Waals surface area (Å²) < 4.78 is 46.3. The molecule has 1 fully saturated rings. The van der Waals surface area contributed by atoms with Crippen LogP contribution in [0.2, 0.25) is 0 Å². The fourth-order valence-corrected chi connectivity index (χ4v) is 2.18. The van der Waals surface area contributed by atoms with Gasteiger partial charge in [0.25, 0.3) is 0 Å². The minimum Gasteiger partial charge on any atom is -0.405 e. The van der Waals surface area contributed by atoms with Gasteiger partial charge in [-0.3, -0.25) is 0 Å². The van der Waals surface area contributed by atoms with Crippen LogP contribution in [0.1, 0.15) is 25.3 Å². The molecule has 1 heterocycles. The molecular weight excluding hydrogens is 271 g/mol. The molecule has 1 aliphatic heterocycles. The van der Waals surface area contributed by atoms with E-state index in [-0.39, 0.29) is 11.3 Å². The van der Waals surface area contributed by atoms with Crippen LogP contribution in [0.3, 0.4) is 0 Å². The lowest BCUT2D eigenvalue weighted by molar-refractivity contribution is -0.274. The molecule has 1 aliphatic rings. The Morgan fingerprint density at radius 3 is 2.55 bits per heavy atom. The lowest BCUT2D eigenvalue weighted by Crippen LogP contribution is -2.46. The van der Waals surface area contributed by atoms with Crippen LogP contribution in [0, 0.1) is 0 Å². The van der Waals surface area contributed by atoms with E-state index in [1.165, 1.54) is 12.1 Å². The number of benzene rings is 1. The molecule has 0 unspecified atom stereocenters. The summed E-state index contributed by atoms with van der Waals surface area (Å²) in [5.41, 5.74) is 0.390. The van der Waals surface area contributed by atoms with E-state index in [9.17, 15) is 13.2 Å². The number of hydrogen-bond donors (Lipinski definition) is 1. The second-order valence-electron chi connectivity index (χ2n) is 5.18. The first-order valence-corrected chi connectivity index (χ1v) is 6.54. The van der Waals surface area contributed by atoms with Crippen molar-refractivity contribution in [2.45, 2.75) is 38.2 Å². The molecule has 6 heteroatoms. The maximum atomic E-state index is 12.3. The van der Waals surface area contributed by atoms with E-state index in [1.807, 2.05) is 0 Å². The van der Waals surface area contributed by atoms with E-state index in [2.05, 4.69) is 17.0 Å². The summed E-state index contributed by atoms with van der Waals surface area (Å²) in [5.74, 6) is -0.150. The van der Waals surface area contributed by atoms with E-state index in [4.69, 9.17) is 4.74 Å². The van der Waals surface area contributed by atoms with Gasteiger partial charge < -0.3 is 14.8 Å². The zero-order valence-electron chi connectivity index (χ0n) is 11.3. The summed E-state index contributed by atoms with van der Waals surface area (Å²) in [5, 5.41) is 3.31. The highest BCUT2D eigenvalue weighted by atomic mass is 19.4. The van der Waals surface area contributed by atoms with Crippen LogP contribution >= 0.6 is 0 Å². The Bertz CT molecular complexity index is 442. The Labute approximate surface area is 116 Å². The highest BCUT2D eigenvalue weighted by molar-refractivity contribution is 5.33. The molecule has 0 radical (unpaired) electrons.